The van der Waals surface area contributed by atoms with Gasteiger partial charge in [0.2, 0.25) is 0 Å². The zero-order valence-corrected chi connectivity index (χ0v) is 10.1. The van der Waals surface area contributed by atoms with Crippen molar-refractivity contribution in [3.8, 4) is 0 Å². The lowest BCUT2D eigenvalue weighted by atomic mass is 10.1. The zero-order chi connectivity index (χ0) is 11.7. The third-order valence-corrected chi connectivity index (χ3v) is 3.28. The molecule has 3 heteroatoms. The number of benzene rings is 1. The van der Waals surface area contributed by atoms with E-state index in [0.717, 1.165) is 12.6 Å². The summed E-state index contributed by atoms with van der Waals surface area (Å²) in [5.74, 6) is 0. The molecular weight excluding hydrogens is 212 g/mol. The van der Waals surface area contributed by atoms with E-state index in [1.807, 2.05) is 0 Å². The van der Waals surface area contributed by atoms with Crippen LogP contribution in [0.2, 0.25) is 0 Å². The van der Waals surface area contributed by atoms with Gasteiger partial charge < -0.3 is 14.6 Å². The summed E-state index contributed by atoms with van der Waals surface area (Å²) < 4.78 is 7.32. The second-order valence-corrected chi connectivity index (χ2v) is 4.75. The van der Waals surface area contributed by atoms with Crippen LogP contribution in [0.15, 0.2) is 30.5 Å². The van der Waals surface area contributed by atoms with E-state index in [4.69, 9.17) is 4.74 Å². The number of nitrogens with one attached hydrogen (secondary N) is 1. The highest BCUT2D eigenvalue weighted by Gasteiger charge is 2.19. The highest BCUT2D eigenvalue weighted by atomic mass is 16.5. The van der Waals surface area contributed by atoms with E-state index in [1.165, 1.54) is 29.3 Å². The van der Waals surface area contributed by atoms with E-state index in [2.05, 4.69) is 40.3 Å². The van der Waals surface area contributed by atoms with Gasteiger partial charge in [0.05, 0.1) is 5.52 Å². The molecule has 1 aromatic carbocycles. The van der Waals surface area contributed by atoms with Crippen molar-refractivity contribution in [3.63, 3.8) is 0 Å². The lowest BCUT2D eigenvalue weighted by Crippen LogP contribution is -2.15. The number of nitrogens with zero attached hydrogens (tertiary/aromatic N) is 1. The van der Waals surface area contributed by atoms with Crippen LogP contribution in [-0.4, -0.2) is 17.7 Å². The molecule has 0 bridgehead atoms. The molecule has 1 heterocycles. The van der Waals surface area contributed by atoms with Crippen molar-refractivity contribution in [1.29, 1.82) is 0 Å². The Morgan fingerprint density at radius 3 is 3.00 bits per heavy atom. The Labute approximate surface area is 101 Å². The molecule has 1 aromatic heterocycles. The number of ether oxygens (including phenoxy) is 1. The molecule has 0 atom stereocenters. The average molecular weight is 230 g/mol. The quantitative estimate of drug-likeness (QED) is 0.854. The minimum absolute atomic E-state index is 0.614. The Morgan fingerprint density at radius 2 is 2.24 bits per heavy atom. The van der Waals surface area contributed by atoms with Gasteiger partial charge in [0, 0.05) is 25.9 Å². The second-order valence-electron chi connectivity index (χ2n) is 4.75. The minimum Gasteiger partial charge on any atom is -0.364 e. The number of methoxy groups -OCH3 is 1. The first-order chi connectivity index (χ1) is 8.36. The molecule has 1 saturated carbocycles. The summed E-state index contributed by atoms with van der Waals surface area (Å²) in [6, 6.07) is 9.53. The highest BCUT2D eigenvalue weighted by molar-refractivity contribution is 5.80. The fourth-order valence-corrected chi connectivity index (χ4v) is 2.14. The zero-order valence-electron chi connectivity index (χ0n) is 10.1. The van der Waals surface area contributed by atoms with Crippen LogP contribution in [0.3, 0.4) is 0 Å². The van der Waals surface area contributed by atoms with Gasteiger partial charge in [-0.15, -0.1) is 0 Å². The van der Waals surface area contributed by atoms with E-state index in [9.17, 15) is 0 Å². The van der Waals surface area contributed by atoms with Crippen LogP contribution < -0.4 is 5.32 Å². The number of aromatic nitrogens is 1. The van der Waals surface area contributed by atoms with Crippen molar-refractivity contribution in [2.75, 3.05) is 7.11 Å². The van der Waals surface area contributed by atoms with Gasteiger partial charge in [0.15, 0.2) is 0 Å². The standard InChI is InChI=1S/C14H18N2O/c1-17-10-16-7-6-12-3-2-11(8-14(12)16)9-15-13-4-5-13/h2-3,6-8,13,15H,4-5,9-10H2,1H3. The summed E-state index contributed by atoms with van der Waals surface area (Å²) in [4.78, 5) is 0. The van der Waals surface area contributed by atoms with Gasteiger partial charge in [-0.05, 0) is 35.9 Å². The Hall–Kier alpha value is -1.32. The maximum Gasteiger partial charge on any atom is 0.122 e. The molecule has 0 saturated heterocycles. The molecule has 90 valence electrons. The molecule has 1 N–H and O–H groups in total. The molecule has 0 spiro atoms. The molecule has 0 aliphatic heterocycles. The number of fused-ring (bicyclic) bond motifs is 1. The Bertz CT molecular complexity index is 514. The second kappa shape index (κ2) is 4.51. The van der Waals surface area contributed by atoms with Crippen molar-refractivity contribution in [2.24, 2.45) is 0 Å². The molecule has 3 rings (SSSR count). The Balaban J connectivity index is 1.83. The third kappa shape index (κ3) is 2.35. The SMILES string of the molecule is COCn1ccc2ccc(CNC3CC3)cc21. The van der Waals surface area contributed by atoms with Crippen molar-refractivity contribution in [2.45, 2.75) is 32.2 Å². The summed E-state index contributed by atoms with van der Waals surface area (Å²) in [5, 5.41) is 4.82. The van der Waals surface area contributed by atoms with E-state index < -0.39 is 0 Å². The predicted molar refractivity (Wildman–Crippen MR) is 68.8 cm³/mol. The molecule has 0 radical (unpaired) electrons. The first-order valence-electron chi connectivity index (χ1n) is 6.17. The highest BCUT2D eigenvalue weighted by Crippen LogP contribution is 2.21. The first-order valence-corrected chi connectivity index (χ1v) is 6.17. The van der Waals surface area contributed by atoms with Crippen LogP contribution in [0.1, 0.15) is 18.4 Å². The van der Waals surface area contributed by atoms with E-state index in [1.54, 1.807) is 7.11 Å². The van der Waals surface area contributed by atoms with Crippen molar-refractivity contribution >= 4 is 10.9 Å². The molecule has 1 aliphatic carbocycles. The molecule has 1 fully saturated rings. The minimum atomic E-state index is 0.614. The van der Waals surface area contributed by atoms with Crippen molar-refractivity contribution in [3.05, 3.63) is 36.0 Å². The van der Waals surface area contributed by atoms with Crippen LogP contribution >= 0.6 is 0 Å². The van der Waals surface area contributed by atoms with Crippen molar-refractivity contribution in [1.82, 2.24) is 9.88 Å². The predicted octanol–water partition coefficient (Wildman–Crippen LogP) is 2.50. The van der Waals surface area contributed by atoms with Gasteiger partial charge in [-0.1, -0.05) is 12.1 Å². The maximum absolute atomic E-state index is 5.19. The summed E-state index contributed by atoms with van der Waals surface area (Å²) in [5.41, 5.74) is 2.60. The van der Waals surface area contributed by atoms with E-state index in [0.29, 0.717) is 6.73 Å². The average Bonchev–Trinajstić information content (AvgIpc) is 3.10. The normalized spacial score (nSPS) is 15.6. The molecular formula is C14H18N2O. The van der Waals surface area contributed by atoms with Gasteiger partial charge in [-0.2, -0.15) is 0 Å². The van der Waals surface area contributed by atoms with Gasteiger partial charge in [-0.3, -0.25) is 0 Å². The summed E-state index contributed by atoms with van der Waals surface area (Å²) in [6.07, 6.45) is 4.75. The fraction of sp³-hybridized carbons (Fsp3) is 0.429. The summed E-state index contributed by atoms with van der Waals surface area (Å²) >= 11 is 0. The molecule has 17 heavy (non-hydrogen) atoms. The van der Waals surface area contributed by atoms with Crippen LogP contribution in [0.5, 0.6) is 0 Å². The van der Waals surface area contributed by atoms with Crippen LogP contribution in [0.4, 0.5) is 0 Å². The first kappa shape index (κ1) is 10.8. The van der Waals surface area contributed by atoms with Crippen LogP contribution in [0, 0.1) is 0 Å². The largest absolute Gasteiger partial charge is 0.364 e. The van der Waals surface area contributed by atoms with E-state index >= 15 is 0 Å². The van der Waals surface area contributed by atoms with Crippen LogP contribution in [-0.2, 0) is 18.0 Å². The summed E-state index contributed by atoms with van der Waals surface area (Å²) in [7, 11) is 1.73. The molecule has 2 aromatic rings. The molecule has 1 aliphatic rings. The fourth-order valence-electron chi connectivity index (χ4n) is 2.14. The number of hydrogen-bond acceptors (Lipinski definition) is 2. The maximum atomic E-state index is 5.19. The third-order valence-electron chi connectivity index (χ3n) is 3.28. The van der Waals surface area contributed by atoms with Crippen molar-refractivity contribution < 1.29 is 4.74 Å². The number of rotatable bonds is 5. The smallest absolute Gasteiger partial charge is 0.122 e. The van der Waals surface area contributed by atoms with Gasteiger partial charge in [-0.25, -0.2) is 0 Å². The van der Waals surface area contributed by atoms with Gasteiger partial charge in [0.25, 0.3) is 0 Å². The summed E-state index contributed by atoms with van der Waals surface area (Å²) in [6.45, 7) is 1.59. The number of hydrogen-bond donors (Lipinski definition) is 1. The van der Waals surface area contributed by atoms with Gasteiger partial charge >= 0.3 is 0 Å². The monoisotopic (exact) mass is 230 g/mol. The Morgan fingerprint density at radius 1 is 1.35 bits per heavy atom. The van der Waals surface area contributed by atoms with Gasteiger partial charge in [0.1, 0.15) is 6.73 Å². The Kier molecular flexibility index (Phi) is 2.87. The van der Waals surface area contributed by atoms with Crippen LogP contribution in [0.25, 0.3) is 10.9 Å². The lowest BCUT2D eigenvalue weighted by molar-refractivity contribution is 0.135. The molecule has 3 nitrogen and oxygen atoms in total. The van der Waals surface area contributed by atoms with E-state index in [-0.39, 0.29) is 0 Å². The molecule has 0 unspecified atom stereocenters. The topological polar surface area (TPSA) is 26.2 Å². The lowest BCUT2D eigenvalue weighted by Gasteiger charge is -2.06. The molecule has 0 amide bonds.